The van der Waals surface area contributed by atoms with Gasteiger partial charge >= 0.3 is 5.97 Å². The van der Waals surface area contributed by atoms with Crippen LogP contribution in [-0.2, 0) is 16.6 Å². The Morgan fingerprint density at radius 1 is 0.969 bits per heavy atom. The Kier molecular flexibility index (Phi) is 5.71. The van der Waals surface area contributed by atoms with E-state index in [4.69, 9.17) is 5.11 Å². The number of aromatic amines is 1. The molecule has 162 valence electrons. The summed E-state index contributed by atoms with van der Waals surface area (Å²) < 4.78 is 28.0. The predicted octanol–water partition coefficient (Wildman–Crippen LogP) is 4.47. The zero-order valence-corrected chi connectivity index (χ0v) is 17.4. The highest BCUT2D eigenvalue weighted by molar-refractivity contribution is 7.89. The van der Waals surface area contributed by atoms with E-state index in [9.17, 15) is 18.3 Å². The number of aromatic hydroxyl groups is 1. The van der Waals surface area contributed by atoms with Crippen molar-refractivity contribution in [2.45, 2.75) is 11.4 Å². The Hall–Kier alpha value is -4.02. The van der Waals surface area contributed by atoms with Crippen molar-refractivity contribution in [1.29, 1.82) is 0 Å². The molecule has 0 atom stereocenters. The summed E-state index contributed by atoms with van der Waals surface area (Å²) in [5.74, 6) is -1.32. The van der Waals surface area contributed by atoms with Crippen molar-refractivity contribution < 1.29 is 23.4 Å². The van der Waals surface area contributed by atoms with Crippen LogP contribution in [0, 0.1) is 0 Å². The highest BCUT2D eigenvalue weighted by Gasteiger charge is 2.18. The maximum Gasteiger partial charge on any atom is 0.335 e. The van der Waals surface area contributed by atoms with Gasteiger partial charge in [0, 0.05) is 11.9 Å². The third-order valence-corrected chi connectivity index (χ3v) is 6.12. The van der Waals surface area contributed by atoms with Crippen LogP contribution in [-0.4, -0.2) is 29.6 Å². The number of benzene rings is 3. The highest BCUT2D eigenvalue weighted by atomic mass is 32.2. The topological polar surface area (TPSA) is 144 Å². The molecular formula is C22H18N4O5S. The van der Waals surface area contributed by atoms with Crippen molar-refractivity contribution in [2.24, 2.45) is 10.2 Å². The molecule has 0 spiro atoms. The largest absolute Gasteiger partial charge is 0.493 e. The molecule has 32 heavy (non-hydrogen) atoms. The number of carboxylic acid groups (broad SMARTS) is 1. The van der Waals surface area contributed by atoms with Crippen LogP contribution in [0.3, 0.4) is 0 Å². The van der Waals surface area contributed by atoms with Crippen molar-refractivity contribution in [1.82, 2.24) is 9.71 Å². The van der Waals surface area contributed by atoms with E-state index in [1.54, 1.807) is 0 Å². The highest BCUT2D eigenvalue weighted by Crippen LogP contribution is 2.37. The number of H-pyrrole nitrogens is 1. The summed E-state index contributed by atoms with van der Waals surface area (Å²) in [5.41, 5.74) is 1.86. The molecule has 1 aromatic heterocycles. The number of rotatable bonds is 7. The Morgan fingerprint density at radius 2 is 1.69 bits per heavy atom. The Balaban J connectivity index is 1.62. The molecular weight excluding hydrogens is 432 g/mol. The lowest BCUT2D eigenvalue weighted by Gasteiger charge is -2.07. The van der Waals surface area contributed by atoms with Gasteiger partial charge in [0.1, 0.15) is 0 Å². The van der Waals surface area contributed by atoms with Crippen LogP contribution >= 0.6 is 0 Å². The molecule has 0 bridgehead atoms. The van der Waals surface area contributed by atoms with Gasteiger partial charge < -0.3 is 15.2 Å². The number of aromatic carboxylic acids is 1. The Bertz CT molecular complexity index is 1410. The van der Waals surface area contributed by atoms with E-state index in [0.717, 1.165) is 5.56 Å². The predicted molar refractivity (Wildman–Crippen MR) is 118 cm³/mol. The minimum absolute atomic E-state index is 0.0159. The van der Waals surface area contributed by atoms with Gasteiger partial charge in [-0.1, -0.05) is 30.3 Å². The van der Waals surface area contributed by atoms with Gasteiger partial charge in [0.05, 0.1) is 21.7 Å². The second-order valence-corrected chi connectivity index (χ2v) is 8.66. The summed E-state index contributed by atoms with van der Waals surface area (Å²) in [6.07, 6.45) is 0. The van der Waals surface area contributed by atoms with Gasteiger partial charge in [-0.15, -0.1) is 5.11 Å². The fourth-order valence-electron chi connectivity index (χ4n) is 3.05. The summed E-state index contributed by atoms with van der Waals surface area (Å²) in [6, 6.07) is 19.2. The van der Waals surface area contributed by atoms with Crippen molar-refractivity contribution >= 4 is 38.3 Å². The van der Waals surface area contributed by atoms with Crippen LogP contribution in [0.15, 0.2) is 87.9 Å². The van der Waals surface area contributed by atoms with Gasteiger partial charge in [-0.05, 0) is 48.0 Å². The first kappa shape index (κ1) is 21.2. The normalized spacial score (nSPS) is 11.9. The van der Waals surface area contributed by atoms with E-state index in [1.807, 2.05) is 30.3 Å². The van der Waals surface area contributed by atoms with E-state index < -0.39 is 16.0 Å². The van der Waals surface area contributed by atoms with E-state index in [2.05, 4.69) is 19.9 Å². The minimum atomic E-state index is -3.81. The van der Waals surface area contributed by atoms with E-state index in [1.165, 1.54) is 42.5 Å². The third-order valence-electron chi connectivity index (χ3n) is 4.72. The van der Waals surface area contributed by atoms with Gasteiger partial charge in [-0.3, -0.25) is 0 Å². The van der Waals surface area contributed by atoms with Crippen molar-refractivity contribution in [3.8, 4) is 5.88 Å². The number of carbonyl (C=O) groups is 1. The molecule has 0 fully saturated rings. The number of fused-ring (bicyclic) bond motifs is 1. The zero-order chi connectivity index (χ0) is 22.7. The van der Waals surface area contributed by atoms with Gasteiger partial charge in [-0.25, -0.2) is 17.9 Å². The molecule has 0 unspecified atom stereocenters. The quantitative estimate of drug-likeness (QED) is 0.307. The van der Waals surface area contributed by atoms with Crippen LogP contribution in [0.1, 0.15) is 15.9 Å². The molecule has 0 aliphatic rings. The molecule has 4 aromatic rings. The molecule has 0 saturated heterocycles. The van der Waals surface area contributed by atoms with E-state index in [-0.39, 0.29) is 28.6 Å². The molecule has 3 aromatic carbocycles. The molecule has 0 aliphatic carbocycles. The number of carboxylic acids is 1. The fourth-order valence-corrected chi connectivity index (χ4v) is 4.09. The fraction of sp³-hybridized carbons (Fsp3) is 0.0455. The van der Waals surface area contributed by atoms with Crippen molar-refractivity contribution in [3.63, 3.8) is 0 Å². The second-order valence-electron chi connectivity index (χ2n) is 6.89. The first-order chi connectivity index (χ1) is 15.3. The lowest BCUT2D eigenvalue weighted by Crippen LogP contribution is -2.23. The SMILES string of the molecule is O=C(O)c1ccc(N=Nc2c(O)[nH]c3ccc(S(=O)(=O)NCc4ccccc4)cc23)cc1. The van der Waals surface area contributed by atoms with E-state index in [0.29, 0.717) is 16.6 Å². The van der Waals surface area contributed by atoms with Crippen LogP contribution in [0.2, 0.25) is 0 Å². The lowest BCUT2D eigenvalue weighted by atomic mass is 10.2. The van der Waals surface area contributed by atoms with Gasteiger partial charge in [0.25, 0.3) is 0 Å². The summed E-state index contributed by atoms with van der Waals surface area (Å²) in [7, 11) is -3.81. The first-order valence-electron chi connectivity index (χ1n) is 9.47. The average molecular weight is 450 g/mol. The Morgan fingerprint density at radius 3 is 2.38 bits per heavy atom. The number of nitrogens with one attached hydrogen (secondary N) is 2. The number of sulfonamides is 1. The smallest absolute Gasteiger partial charge is 0.335 e. The van der Waals surface area contributed by atoms with Gasteiger partial charge in [-0.2, -0.15) is 5.11 Å². The average Bonchev–Trinajstić information content (AvgIpc) is 3.11. The number of azo groups is 1. The number of hydrogen-bond donors (Lipinski definition) is 4. The third kappa shape index (κ3) is 4.51. The molecule has 10 heteroatoms. The molecule has 9 nitrogen and oxygen atoms in total. The maximum absolute atomic E-state index is 12.7. The van der Waals surface area contributed by atoms with Crippen LogP contribution in [0.25, 0.3) is 10.9 Å². The standard InChI is InChI=1S/C22H18N4O5S/c27-21-20(26-25-16-8-6-15(7-9-16)22(28)29)18-12-17(10-11-19(18)24-21)32(30,31)23-13-14-4-2-1-3-5-14/h1-12,23-24,27H,13H2,(H,28,29). The zero-order valence-electron chi connectivity index (χ0n) is 16.6. The number of aromatic nitrogens is 1. The molecule has 1 heterocycles. The summed E-state index contributed by atoms with van der Waals surface area (Å²) in [5, 5.41) is 27.6. The molecule has 4 rings (SSSR count). The first-order valence-corrected chi connectivity index (χ1v) is 11.0. The summed E-state index contributed by atoms with van der Waals surface area (Å²) in [6.45, 7) is 0.137. The van der Waals surface area contributed by atoms with Crippen LogP contribution in [0.4, 0.5) is 11.4 Å². The maximum atomic E-state index is 12.7. The molecule has 0 aliphatic heterocycles. The molecule has 0 radical (unpaired) electrons. The molecule has 4 N–H and O–H groups in total. The van der Waals surface area contributed by atoms with Gasteiger partial charge in [0.2, 0.25) is 15.9 Å². The number of nitrogens with zero attached hydrogens (tertiary/aromatic N) is 2. The Labute approximate surface area is 183 Å². The van der Waals surface area contributed by atoms with Crippen molar-refractivity contribution in [2.75, 3.05) is 0 Å². The van der Waals surface area contributed by atoms with Crippen molar-refractivity contribution in [3.05, 3.63) is 83.9 Å². The van der Waals surface area contributed by atoms with Crippen LogP contribution in [0.5, 0.6) is 5.88 Å². The van der Waals surface area contributed by atoms with Gasteiger partial charge in [0.15, 0.2) is 5.69 Å². The summed E-state index contributed by atoms with van der Waals surface area (Å²) >= 11 is 0. The molecule has 0 amide bonds. The second kappa shape index (κ2) is 8.61. The number of hydrogen-bond acceptors (Lipinski definition) is 6. The monoisotopic (exact) mass is 450 g/mol. The van der Waals surface area contributed by atoms with E-state index >= 15 is 0 Å². The summed E-state index contributed by atoms with van der Waals surface area (Å²) in [4.78, 5) is 13.7. The lowest BCUT2D eigenvalue weighted by molar-refractivity contribution is 0.0697. The molecule has 0 saturated carbocycles. The van der Waals surface area contributed by atoms with Crippen LogP contribution < -0.4 is 4.72 Å². The minimum Gasteiger partial charge on any atom is -0.493 e.